The number of halogens is 5. The van der Waals surface area contributed by atoms with Gasteiger partial charge in [-0.25, -0.2) is 23.5 Å². The van der Waals surface area contributed by atoms with Gasteiger partial charge in [-0.3, -0.25) is 9.69 Å². The maximum Gasteiger partial charge on any atom is 0.434 e. The number of aliphatic carboxylic acids is 1. The monoisotopic (exact) mass is 745 g/mol. The minimum Gasteiger partial charge on any atom is -0.490 e. The molecule has 1 aromatic carbocycles. The summed E-state index contributed by atoms with van der Waals surface area (Å²) in [6, 6.07) is 5.47. The number of carboxylic acids is 1. The Morgan fingerprint density at radius 3 is 2.43 bits per heavy atom. The average Bonchev–Trinajstić information content (AvgIpc) is 3.46. The number of nitrogens with zero attached hydrogens (tertiary/aromatic N) is 4. The van der Waals surface area contributed by atoms with Crippen molar-refractivity contribution in [3.8, 4) is 17.1 Å². The van der Waals surface area contributed by atoms with Crippen molar-refractivity contribution in [3.05, 3.63) is 41.9 Å². The van der Waals surface area contributed by atoms with Crippen LogP contribution in [0.5, 0.6) is 5.75 Å². The second-order valence-corrected chi connectivity index (χ2v) is 16.3. The molecule has 9 nitrogen and oxygen atoms in total. The number of benzene rings is 1. The molecule has 3 aromatic rings. The minimum atomic E-state index is -5.03. The number of nitrogens with one attached hydrogen (secondary N) is 1. The Labute approximate surface area is 305 Å². The molecule has 14 heteroatoms. The number of likely N-dealkylation sites (tertiary alicyclic amines) is 1. The van der Waals surface area contributed by atoms with Crippen LogP contribution in [0.25, 0.3) is 22.3 Å². The Morgan fingerprint density at radius 1 is 1.08 bits per heavy atom. The van der Waals surface area contributed by atoms with E-state index in [0.29, 0.717) is 41.9 Å². The van der Waals surface area contributed by atoms with E-state index in [9.17, 15) is 36.6 Å². The van der Waals surface area contributed by atoms with Crippen molar-refractivity contribution in [2.45, 2.75) is 121 Å². The normalized spacial score (nSPS) is 30.7. The second-order valence-electron chi connectivity index (χ2n) is 16.3. The van der Waals surface area contributed by atoms with E-state index in [1.807, 2.05) is 36.3 Å². The molecule has 2 bridgehead atoms. The van der Waals surface area contributed by atoms with Crippen LogP contribution in [-0.2, 0) is 11.0 Å². The van der Waals surface area contributed by atoms with Crippen molar-refractivity contribution >= 4 is 22.8 Å². The quantitative estimate of drug-likeness (QED) is 0.212. The van der Waals surface area contributed by atoms with Gasteiger partial charge in [-0.05, 0) is 101 Å². The molecule has 2 N–H and O–H groups in total. The van der Waals surface area contributed by atoms with Crippen LogP contribution in [0.4, 0.5) is 22.0 Å². The van der Waals surface area contributed by atoms with Crippen molar-refractivity contribution < 1.29 is 41.4 Å². The third kappa shape index (κ3) is 7.00. The van der Waals surface area contributed by atoms with Gasteiger partial charge in [0.25, 0.3) is 11.8 Å². The number of amides is 1. The molecule has 1 amide bonds. The van der Waals surface area contributed by atoms with Crippen LogP contribution in [-0.4, -0.2) is 73.1 Å². The van der Waals surface area contributed by atoms with Gasteiger partial charge in [-0.1, -0.05) is 20.8 Å². The van der Waals surface area contributed by atoms with E-state index in [1.165, 1.54) is 0 Å². The fourth-order valence-electron chi connectivity index (χ4n) is 9.78. The summed E-state index contributed by atoms with van der Waals surface area (Å²) in [7, 11) is 0. The number of carboxylic acid groups (broad SMARTS) is 1. The first-order chi connectivity index (χ1) is 25.0. The summed E-state index contributed by atoms with van der Waals surface area (Å²) in [5.74, 6) is -4.95. The molecule has 6 atom stereocenters. The number of hydrogen-bond acceptors (Lipinski definition) is 6. The first kappa shape index (κ1) is 37.5. The highest BCUT2D eigenvalue weighted by molar-refractivity contribution is 6.00. The minimum absolute atomic E-state index is 0.0366. The average molecular weight is 746 g/mol. The zero-order valence-corrected chi connectivity index (χ0v) is 30.6. The molecule has 0 radical (unpaired) electrons. The summed E-state index contributed by atoms with van der Waals surface area (Å²) in [5, 5.41) is 13.7. The SMILES string of the molecule is CC[C@@H](C)n1cc(-c2ncc(C(=O)NC3(C(=O)O)C(C)CC4CC(C)CC3C4)c(C(F)(F)F)n2)c2ccc(O[C@H]3CC[C@H](N4CC(F)(F)C4)CC3)cc21. The molecule has 3 aliphatic carbocycles. The number of alkyl halides is 5. The van der Waals surface area contributed by atoms with E-state index < -0.39 is 52.6 Å². The fourth-order valence-corrected chi connectivity index (χ4v) is 9.78. The maximum atomic E-state index is 14.7. The van der Waals surface area contributed by atoms with Crippen LogP contribution in [0.2, 0.25) is 0 Å². The van der Waals surface area contributed by atoms with E-state index in [2.05, 4.69) is 15.3 Å². The van der Waals surface area contributed by atoms with Gasteiger partial charge in [0, 0.05) is 41.5 Å². The molecule has 3 heterocycles. The Hall–Kier alpha value is -3.81. The van der Waals surface area contributed by atoms with E-state index >= 15 is 0 Å². The molecule has 5 unspecified atom stereocenters. The van der Waals surface area contributed by atoms with E-state index in [1.54, 1.807) is 25.3 Å². The van der Waals surface area contributed by atoms with Gasteiger partial charge in [0.1, 0.15) is 11.3 Å². The van der Waals surface area contributed by atoms with Crippen molar-refractivity contribution in [1.82, 2.24) is 24.8 Å². The lowest BCUT2D eigenvalue weighted by molar-refractivity contribution is -0.155. The molecular weight excluding hydrogens is 697 g/mol. The lowest BCUT2D eigenvalue weighted by Gasteiger charge is -2.52. The third-order valence-corrected chi connectivity index (χ3v) is 12.6. The molecular formula is C39H48F5N5O4. The van der Waals surface area contributed by atoms with E-state index in [-0.39, 0.29) is 43.0 Å². The number of carbonyl (C=O) groups excluding carboxylic acids is 1. The predicted octanol–water partition coefficient (Wildman–Crippen LogP) is 8.37. The topological polar surface area (TPSA) is 110 Å². The molecule has 2 aromatic heterocycles. The lowest BCUT2D eigenvalue weighted by atomic mass is 9.56. The van der Waals surface area contributed by atoms with Crippen molar-refractivity contribution in [1.29, 1.82) is 0 Å². The number of carbonyl (C=O) groups is 2. The summed E-state index contributed by atoms with van der Waals surface area (Å²) in [6.07, 6.45) is 3.84. The number of aromatic nitrogens is 3. The summed E-state index contributed by atoms with van der Waals surface area (Å²) in [4.78, 5) is 36.7. The van der Waals surface area contributed by atoms with Crippen molar-refractivity contribution in [3.63, 3.8) is 0 Å². The largest absolute Gasteiger partial charge is 0.490 e. The van der Waals surface area contributed by atoms with Gasteiger partial charge in [0.15, 0.2) is 11.5 Å². The molecule has 0 spiro atoms. The summed E-state index contributed by atoms with van der Waals surface area (Å²) < 4.78 is 79.3. The molecule has 1 aliphatic heterocycles. The standard InChI is InChI=1S/C39H48F5N5O4/c1-5-23(4)49-18-31(29-11-10-28(16-32(29)49)53-27-8-6-26(7-9-27)48-19-37(40,41)20-48)34-45-17-30(33(46-34)39(42,43)44)35(50)47-38(36(51)52)22(3)14-24-12-21(2)13-25(38)15-24/h10-11,16-18,21-27H,5-9,12-15,19-20H2,1-4H3,(H,47,50)(H,51,52)/t21?,22?,23-,24?,25?,26-,27-,38?/m1/s1. The highest BCUT2D eigenvalue weighted by atomic mass is 19.4. The Bertz CT molecular complexity index is 1860. The molecule has 4 aliphatic rings. The number of ether oxygens (including phenoxy) is 1. The third-order valence-electron chi connectivity index (χ3n) is 12.6. The zero-order chi connectivity index (χ0) is 38.0. The Kier molecular flexibility index (Phi) is 9.76. The Morgan fingerprint density at radius 2 is 1.79 bits per heavy atom. The Balaban J connectivity index is 1.17. The first-order valence-electron chi connectivity index (χ1n) is 18.9. The van der Waals surface area contributed by atoms with Crippen molar-refractivity contribution in [2.24, 2.45) is 23.7 Å². The van der Waals surface area contributed by atoms with E-state index in [4.69, 9.17) is 4.74 Å². The van der Waals surface area contributed by atoms with Crippen LogP contribution >= 0.6 is 0 Å². The van der Waals surface area contributed by atoms with Gasteiger partial charge in [0.2, 0.25) is 0 Å². The molecule has 1 saturated heterocycles. The van der Waals surface area contributed by atoms with Gasteiger partial charge in [-0.2, -0.15) is 13.2 Å². The van der Waals surface area contributed by atoms with Crippen LogP contribution in [0.1, 0.15) is 108 Å². The van der Waals surface area contributed by atoms with Crippen LogP contribution in [0, 0.1) is 23.7 Å². The van der Waals surface area contributed by atoms with Gasteiger partial charge in [0.05, 0.1) is 30.3 Å². The molecule has 53 heavy (non-hydrogen) atoms. The summed E-state index contributed by atoms with van der Waals surface area (Å²) in [5.41, 5.74) is -2.89. The molecule has 7 rings (SSSR count). The van der Waals surface area contributed by atoms with Gasteiger partial charge >= 0.3 is 12.1 Å². The predicted molar refractivity (Wildman–Crippen MR) is 188 cm³/mol. The van der Waals surface area contributed by atoms with Crippen LogP contribution < -0.4 is 10.1 Å². The first-order valence-corrected chi connectivity index (χ1v) is 18.9. The zero-order valence-electron chi connectivity index (χ0n) is 30.6. The van der Waals surface area contributed by atoms with Crippen molar-refractivity contribution in [2.75, 3.05) is 13.1 Å². The van der Waals surface area contributed by atoms with Gasteiger partial charge in [-0.15, -0.1) is 0 Å². The number of hydrogen-bond donors (Lipinski definition) is 2. The number of fused-ring (bicyclic) bond motifs is 3. The fraction of sp³-hybridized carbons (Fsp3) is 0.641. The second kappa shape index (κ2) is 13.8. The molecule has 288 valence electrons. The summed E-state index contributed by atoms with van der Waals surface area (Å²) >= 11 is 0. The summed E-state index contributed by atoms with van der Waals surface area (Å²) in [6.45, 7) is 7.40. The smallest absolute Gasteiger partial charge is 0.434 e. The highest BCUT2D eigenvalue weighted by Crippen LogP contribution is 2.50. The lowest BCUT2D eigenvalue weighted by Crippen LogP contribution is -2.66. The van der Waals surface area contributed by atoms with Gasteiger partial charge < -0.3 is 19.7 Å². The number of rotatable bonds is 9. The highest BCUT2D eigenvalue weighted by Gasteiger charge is 2.57. The maximum absolute atomic E-state index is 14.7. The van der Waals surface area contributed by atoms with Crippen LogP contribution in [0.3, 0.4) is 0 Å². The van der Waals surface area contributed by atoms with Crippen LogP contribution in [0.15, 0.2) is 30.6 Å². The van der Waals surface area contributed by atoms with E-state index in [0.717, 1.165) is 50.2 Å². The molecule has 4 fully saturated rings. The molecule has 3 saturated carbocycles.